The summed E-state index contributed by atoms with van der Waals surface area (Å²) in [6.45, 7) is 1.57. The minimum Gasteiger partial charge on any atom is -0.383 e. The number of methoxy groups -OCH3 is 1. The molecule has 1 aliphatic carbocycles. The second-order valence-electron chi connectivity index (χ2n) is 5.41. The minimum atomic E-state index is 0.163. The van der Waals surface area contributed by atoms with E-state index >= 15 is 0 Å². The number of nitrogens with zero attached hydrogens (tertiary/aromatic N) is 1. The number of likely N-dealkylation sites (tertiary alicyclic amines) is 1. The molecule has 2 N–H and O–H groups in total. The molecule has 0 bridgehead atoms. The Kier molecular flexibility index (Phi) is 4.40. The third-order valence-corrected chi connectivity index (χ3v) is 4.08. The molecular formula is C13H24N2O2. The summed E-state index contributed by atoms with van der Waals surface area (Å²) in [4.78, 5) is 14.5. The molecule has 1 saturated carbocycles. The number of rotatable bonds is 3. The highest BCUT2D eigenvalue weighted by molar-refractivity contribution is 5.79. The summed E-state index contributed by atoms with van der Waals surface area (Å²) in [5, 5.41) is 0. The second kappa shape index (κ2) is 5.83. The Morgan fingerprint density at radius 3 is 2.88 bits per heavy atom. The van der Waals surface area contributed by atoms with Gasteiger partial charge in [0.15, 0.2) is 0 Å². The zero-order chi connectivity index (χ0) is 12.3. The molecular weight excluding hydrogens is 216 g/mol. The van der Waals surface area contributed by atoms with Gasteiger partial charge in [-0.2, -0.15) is 0 Å². The van der Waals surface area contributed by atoms with Crippen LogP contribution in [0, 0.1) is 5.92 Å². The zero-order valence-corrected chi connectivity index (χ0v) is 10.7. The van der Waals surface area contributed by atoms with E-state index in [-0.39, 0.29) is 12.0 Å². The van der Waals surface area contributed by atoms with Crippen LogP contribution in [0.15, 0.2) is 0 Å². The average molecular weight is 240 g/mol. The molecule has 0 aromatic carbocycles. The van der Waals surface area contributed by atoms with Crippen molar-refractivity contribution >= 4 is 5.91 Å². The van der Waals surface area contributed by atoms with Gasteiger partial charge in [0.2, 0.25) is 5.91 Å². The van der Waals surface area contributed by atoms with E-state index in [2.05, 4.69) is 0 Å². The lowest BCUT2D eigenvalue weighted by Crippen LogP contribution is -2.44. The van der Waals surface area contributed by atoms with Crippen LogP contribution in [0.25, 0.3) is 0 Å². The average Bonchev–Trinajstić information content (AvgIpc) is 2.77. The fourth-order valence-electron chi connectivity index (χ4n) is 3.18. The fraction of sp³-hybridized carbons (Fsp3) is 0.923. The summed E-state index contributed by atoms with van der Waals surface area (Å²) in [5.41, 5.74) is 5.96. The van der Waals surface area contributed by atoms with Crippen molar-refractivity contribution < 1.29 is 9.53 Å². The van der Waals surface area contributed by atoms with Crippen molar-refractivity contribution in [2.45, 2.75) is 50.6 Å². The van der Waals surface area contributed by atoms with Gasteiger partial charge in [-0.25, -0.2) is 0 Å². The van der Waals surface area contributed by atoms with Crippen molar-refractivity contribution in [1.29, 1.82) is 0 Å². The lowest BCUT2D eigenvalue weighted by Gasteiger charge is -2.32. The van der Waals surface area contributed by atoms with Crippen LogP contribution in [-0.2, 0) is 9.53 Å². The Labute approximate surface area is 103 Å². The van der Waals surface area contributed by atoms with Crippen molar-refractivity contribution in [2.24, 2.45) is 11.7 Å². The summed E-state index contributed by atoms with van der Waals surface area (Å²) < 4.78 is 5.20. The first-order chi connectivity index (χ1) is 8.22. The van der Waals surface area contributed by atoms with E-state index in [1.54, 1.807) is 7.11 Å². The van der Waals surface area contributed by atoms with Gasteiger partial charge in [0.05, 0.1) is 12.6 Å². The van der Waals surface area contributed by atoms with E-state index in [9.17, 15) is 4.79 Å². The molecule has 1 aliphatic heterocycles. The van der Waals surface area contributed by atoms with Gasteiger partial charge in [0.1, 0.15) is 0 Å². The maximum atomic E-state index is 12.4. The van der Waals surface area contributed by atoms with Crippen LogP contribution < -0.4 is 5.73 Å². The van der Waals surface area contributed by atoms with Crippen LogP contribution in [-0.4, -0.2) is 43.2 Å². The predicted octanol–water partition coefficient (Wildman–Crippen LogP) is 1.14. The summed E-state index contributed by atoms with van der Waals surface area (Å²) in [7, 11) is 1.71. The van der Waals surface area contributed by atoms with Crippen molar-refractivity contribution in [3.8, 4) is 0 Å². The molecule has 0 spiro atoms. The first-order valence-corrected chi connectivity index (χ1v) is 6.77. The molecule has 4 heteroatoms. The van der Waals surface area contributed by atoms with Crippen LogP contribution >= 0.6 is 0 Å². The number of hydrogen-bond donors (Lipinski definition) is 1. The first kappa shape index (κ1) is 12.8. The largest absolute Gasteiger partial charge is 0.383 e. The second-order valence-corrected chi connectivity index (χ2v) is 5.41. The monoisotopic (exact) mass is 240 g/mol. The lowest BCUT2D eigenvalue weighted by molar-refractivity contribution is -0.138. The maximum absolute atomic E-state index is 12.4. The van der Waals surface area contributed by atoms with Crippen LogP contribution in [0.1, 0.15) is 38.5 Å². The van der Waals surface area contributed by atoms with Gasteiger partial charge < -0.3 is 15.4 Å². The molecule has 0 unspecified atom stereocenters. The lowest BCUT2D eigenvalue weighted by atomic mass is 9.85. The quantitative estimate of drug-likeness (QED) is 0.805. The first-order valence-electron chi connectivity index (χ1n) is 6.77. The molecule has 0 aromatic rings. The topological polar surface area (TPSA) is 55.6 Å². The highest BCUT2D eigenvalue weighted by atomic mass is 16.5. The maximum Gasteiger partial charge on any atom is 0.226 e. The fourth-order valence-corrected chi connectivity index (χ4v) is 3.18. The predicted molar refractivity (Wildman–Crippen MR) is 66.5 cm³/mol. The molecule has 2 rings (SSSR count). The summed E-state index contributed by atoms with van der Waals surface area (Å²) >= 11 is 0. The molecule has 2 aliphatic rings. The van der Waals surface area contributed by atoms with Crippen molar-refractivity contribution in [3.05, 3.63) is 0 Å². The third-order valence-electron chi connectivity index (χ3n) is 4.08. The summed E-state index contributed by atoms with van der Waals surface area (Å²) in [6.07, 6.45) is 6.25. The third kappa shape index (κ3) is 2.99. The number of carbonyl (C=O) groups is 1. The van der Waals surface area contributed by atoms with Crippen molar-refractivity contribution in [1.82, 2.24) is 4.90 Å². The van der Waals surface area contributed by atoms with E-state index in [0.717, 1.165) is 45.1 Å². The number of carbonyl (C=O) groups excluding carboxylic acids is 1. The van der Waals surface area contributed by atoms with Crippen LogP contribution in [0.4, 0.5) is 0 Å². The summed E-state index contributed by atoms with van der Waals surface area (Å²) in [6, 6.07) is 0.520. The molecule has 17 heavy (non-hydrogen) atoms. The Bertz CT molecular complexity index is 270. The summed E-state index contributed by atoms with van der Waals surface area (Å²) in [5.74, 6) is 0.482. The van der Waals surface area contributed by atoms with Gasteiger partial charge in [0.25, 0.3) is 0 Å². The van der Waals surface area contributed by atoms with E-state index in [1.165, 1.54) is 0 Å². The molecule has 3 atom stereocenters. The Balaban J connectivity index is 1.93. The molecule has 98 valence electrons. The highest BCUT2D eigenvalue weighted by Crippen LogP contribution is 2.28. The Morgan fingerprint density at radius 1 is 1.35 bits per heavy atom. The van der Waals surface area contributed by atoms with Crippen molar-refractivity contribution in [3.63, 3.8) is 0 Å². The molecule has 1 saturated heterocycles. The SMILES string of the molecule is COC[C@@H]1CCCN1C(=O)[C@@H]1CCC[C@H](N)C1. The van der Waals surface area contributed by atoms with Crippen LogP contribution in [0.3, 0.4) is 0 Å². The number of amides is 1. The van der Waals surface area contributed by atoms with E-state index in [4.69, 9.17) is 10.5 Å². The van der Waals surface area contributed by atoms with Gasteiger partial charge in [-0.15, -0.1) is 0 Å². The standard InChI is InChI=1S/C13H24N2O2/c1-17-9-12-6-3-7-15(12)13(16)10-4-2-5-11(14)8-10/h10-12H,2-9,14H2,1H3/t10-,11+,12+/m1/s1. The smallest absolute Gasteiger partial charge is 0.226 e. The van der Waals surface area contributed by atoms with Crippen molar-refractivity contribution in [2.75, 3.05) is 20.3 Å². The molecule has 4 nitrogen and oxygen atoms in total. The number of ether oxygens (including phenoxy) is 1. The van der Waals surface area contributed by atoms with Gasteiger partial charge >= 0.3 is 0 Å². The van der Waals surface area contributed by atoms with Gasteiger partial charge in [-0.1, -0.05) is 6.42 Å². The number of hydrogen-bond acceptors (Lipinski definition) is 3. The Hall–Kier alpha value is -0.610. The molecule has 0 radical (unpaired) electrons. The minimum absolute atomic E-state index is 0.163. The number of nitrogens with two attached hydrogens (primary N) is 1. The molecule has 1 amide bonds. The molecule has 2 fully saturated rings. The highest BCUT2D eigenvalue weighted by Gasteiger charge is 2.34. The van der Waals surface area contributed by atoms with Crippen LogP contribution in [0.5, 0.6) is 0 Å². The Morgan fingerprint density at radius 2 is 2.18 bits per heavy atom. The van der Waals surface area contributed by atoms with E-state index < -0.39 is 0 Å². The molecule has 1 heterocycles. The zero-order valence-electron chi connectivity index (χ0n) is 10.7. The van der Waals surface area contributed by atoms with Gasteiger partial charge in [-0.3, -0.25) is 4.79 Å². The normalized spacial score (nSPS) is 34.0. The van der Waals surface area contributed by atoms with E-state index in [1.807, 2.05) is 4.90 Å². The van der Waals surface area contributed by atoms with Gasteiger partial charge in [-0.05, 0) is 32.1 Å². The van der Waals surface area contributed by atoms with Gasteiger partial charge in [0, 0.05) is 25.6 Å². The van der Waals surface area contributed by atoms with E-state index in [0.29, 0.717) is 18.6 Å². The van der Waals surface area contributed by atoms with Crippen LogP contribution in [0.2, 0.25) is 0 Å². The molecule has 0 aromatic heterocycles.